The Morgan fingerprint density at radius 2 is 1.83 bits per heavy atom. The zero-order valence-corrected chi connectivity index (χ0v) is 17.7. The van der Waals surface area contributed by atoms with Crippen LogP contribution in [0.15, 0.2) is 47.5 Å². The summed E-state index contributed by atoms with van der Waals surface area (Å²) < 4.78 is 9.77. The number of fused-ring (bicyclic) bond motifs is 2. The number of nitrogens with zero attached hydrogens (tertiary/aromatic N) is 5. The van der Waals surface area contributed by atoms with Crippen molar-refractivity contribution in [3.05, 3.63) is 64.3 Å². The van der Waals surface area contributed by atoms with Crippen molar-refractivity contribution in [2.75, 3.05) is 37.6 Å². The molecule has 0 unspecified atom stereocenters. The molecule has 0 atom stereocenters. The maximum atomic E-state index is 12.8. The van der Waals surface area contributed by atoms with E-state index in [1.807, 2.05) is 27.4 Å². The third-order valence-corrected chi connectivity index (χ3v) is 6.92. The fraction of sp³-hybridized carbons (Fsp3) is 0.364. The van der Waals surface area contributed by atoms with Crippen molar-refractivity contribution in [3.63, 3.8) is 0 Å². The summed E-state index contributed by atoms with van der Waals surface area (Å²) in [6.45, 7) is 9.64. The van der Waals surface area contributed by atoms with Crippen LogP contribution in [-0.2, 0) is 6.54 Å². The van der Waals surface area contributed by atoms with E-state index in [4.69, 9.17) is 0 Å². The van der Waals surface area contributed by atoms with Crippen LogP contribution >= 0.6 is 11.5 Å². The highest BCUT2D eigenvalue weighted by atomic mass is 32.1. The molecule has 0 radical (unpaired) electrons. The van der Waals surface area contributed by atoms with Crippen molar-refractivity contribution < 1.29 is 0 Å². The van der Waals surface area contributed by atoms with Crippen molar-refractivity contribution in [2.45, 2.75) is 20.4 Å². The molecule has 4 aromatic rings. The summed E-state index contributed by atoms with van der Waals surface area (Å²) in [4.78, 5) is 17.6. The Labute approximate surface area is 173 Å². The number of benzene rings is 1. The number of hydrogen-bond acceptors (Lipinski definition) is 5. The van der Waals surface area contributed by atoms with Crippen LogP contribution in [0.3, 0.4) is 0 Å². The molecule has 0 saturated carbocycles. The zero-order valence-electron chi connectivity index (χ0n) is 16.8. The molecule has 0 N–H and O–H groups in total. The number of hydrogen-bond donors (Lipinski definition) is 0. The lowest BCUT2D eigenvalue weighted by Gasteiger charge is -2.35. The maximum Gasteiger partial charge on any atom is 0.274 e. The molecule has 0 amide bonds. The van der Waals surface area contributed by atoms with Gasteiger partial charge in [0, 0.05) is 62.7 Å². The van der Waals surface area contributed by atoms with Crippen LogP contribution in [0.25, 0.3) is 15.6 Å². The van der Waals surface area contributed by atoms with E-state index in [1.165, 1.54) is 10.1 Å². The lowest BCUT2D eigenvalue weighted by Crippen LogP contribution is -2.47. The summed E-state index contributed by atoms with van der Waals surface area (Å²) in [5.74, 6) is 1.12. The first-order chi connectivity index (χ1) is 14.1. The fourth-order valence-electron chi connectivity index (χ4n) is 4.18. The van der Waals surface area contributed by atoms with E-state index in [0.717, 1.165) is 61.9 Å². The van der Waals surface area contributed by atoms with Crippen LogP contribution in [-0.4, -0.2) is 51.0 Å². The monoisotopic (exact) mass is 407 g/mol. The van der Waals surface area contributed by atoms with E-state index in [-0.39, 0.29) is 5.56 Å². The number of aryl methyl sites for hydroxylation is 2. The summed E-state index contributed by atoms with van der Waals surface area (Å²) in [6.07, 6.45) is 3.92. The van der Waals surface area contributed by atoms with E-state index in [1.54, 1.807) is 11.5 Å². The first kappa shape index (κ1) is 18.4. The number of aromatic nitrogens is 3. The molecule has 1 aromatic carbocycles. The largest absolute Gasteiger partial charge is 0.353 e. The standard InChI is InChI=1S/C22H25N5OS/c1-16-15-19-22(28)26(13-14-27(19)17(16)2)12-9-24-7-10-25(11-8-24)21-18-5-3-4-6-20(18)29-23-21/h3-6,13-15H,7-12H2,1-2H3. The Hall–Kier alpha value is -2.64. The van der Waals surface area contributed by atoms with Crippen molar-refractivity contribution in [1.82, 2.24) is 18.2 Å². The maximum absolute atomic E-state index is 12.8. The Morgan fingerprint density at radius 3 is 2.66 bits per heavy atom. The van der Waals surface area contributed by atoms with Crippen LogP contribution in [0.4, 0.5) is 5.82 Å². The van der Waals surface area contributed by atoms with Crippen molar-refractivity contribution in [3.8, 4) is 0 Å². The molecule has 0 spiro atoms. The van der Waals surface area contributed by atoms with Crippen LogP contribution in [0.5, 0.6) is 0 Å². The highest BCUT2D eigenvalue weighted by Gasteiger charge is 2.20. The topological polar surface area (TPSA) is 45.8 Å². The van der Waals surface area contributed by atoms with Crippen LogP contribution in [0.1, 0.15) is 11.3 Å². The summed E-state index contributed by atoms with van der Waals surface area (Å²) in [5.41, 5.74) is 3.15. The molecule has 1 aliphatic rings. The molecule has 7 heteroatoms. The number of piperazine rings is 1. The second-order valence-corrected chi connectivity index (χ2v) is 8.60. The quantitative estimate of drug-likeness (QED) is 0.521. The zero-order chi connectivity index (χ0) is 20.0. The summed E-state index contributed by atoms with van der Waals surface area (Å²) >= 11 is 1.58. The fourth-order valence-corrected chi connectivity index (χ4v) is 4.97. The highest BCUT2D eigenvalue weighted by Crippen LogP contribution is 2.29. The molecule has 6 nitrogen and oxygen atoms in total. The predicted octanol–water partition coefficient (Wildman–Crippen LogP) is 3.15. The van der Waals surface area contributed by atoms with Gasteiger partial charge >= 0.3 is 0 Å². The van der Waals surface area contributed by atoms with Gasteiger partial charge in [0.15, 0.2) is 0 Å². The third-order valence-electron chi connectivity index (χ3n) is 6.11. The van der Waals surface area contributed by atoms with E-state index in [0.29, 0.717) is 0 Å². The predicted molar refractivity (Wildman–Crippen MR) is 119 cm³/mol. The van der Waals surface area contributed by atoms with Crippen LogP contribution in [0.2, 0.25) is 0 Å². The SMILES string of the molecule is Cc1cc2c(=O)n(CCN3CCN(c4nsc5ccccc45)CC3)ccn2c1C. The van der Waals surface area contributed by atoms with Gasteiger partial charge in [-0.15, -0.1) is 0 Å². The minimum absolute atomic E-state index is 0.0938. The smallest absolute Gasteiger partial charge is 0.274 e. The molecule has 0 bridgehead atoms. The average molecular weight is 408 g/mol. The molecule has 1 fully saturated rings. The molecule has 0 aliphatic carbocycles. The van der Waals surface area contributed by atoms with Gasteiger partial charge in [0.1, 0.15) is 11.3 Å². The minimum atomic E-state index is 0.0938. The highest BCUT2D eigenvalue weighted by molar-refractivity contribution is 7.13. The minimum Gasteiger partial charge on any atom is -0.353 e. The van der Waals surface area contributed by atoms with Crippen LogP contribution < -0.4 is 10.5 Å². The second-order valence-electron chi connectivity index (χ2n) is 7.80. The van der Waals surface area contributed by atoms with Crippen LogP contribution in [0, 0.1) is 13.8 Å². The Bertz CT molecular complexity index is 1230. The Morgan fingerprint density at radius 1 is 1.03 bits per heavy atom. The number of rotatable bonds is 4. The average Bonchev–Trinajstić information content (AvgIpc) is 3.30. The van der Waals surface area contributed by atoms with E-state index >= 15 is 0 Å². The van der Waals surface area contributed by atoms with Gasteiger partial charge < -0.3 is 13.9 Å². The lowest BCUT2D eigenvalue weighted by molar-refractivity contribution is 0.247. The number of anilines is 1. The van der Waals surface area contributed by atoms with Gasteiger partial charge in [-0.25, -0.2) is 0 Å². The Kier molecular flexibility index (Phi) is 4.64. The van der Waals surface area contributed by atoms with Gasteiger partial charge in [-0.3, -0.25) is 9.69 Å². The second kappa shape index (κ2) is 7.31. The normalized spacial score (nSPS) is 15.6. The lowest BCUT2D eigenvalue weighted by atomic mass is 10.2. The molecular formula is C22H25N5OS. The van der Waals surface area contributed by atoms with Gasteiger partial charge in [-0.2, -0.15) is 4.37 Å². The van der Waals surface area contributed by atoms with Gasteiger partial charge in [-0.1, -0.05) is 12.1 Å². The van der Waals surface area contributed by atoms with Gasteiger partial charge in [-0.05, 0) is 49.1 Å². The summed E-state index contributed by atoms with van der Waals surface area (Å²) in [5, 5.41) is 1.25. The third kappa shape index (κ3) is 3.24. The van der Waals surface area contributed by atoms with E-state index in [9.17, 15) is 4.79 Å². The van der Waals surface area contributed by atoms with E-state index < -0.39 is 0 Å². The van der Waals surface area contributed by atoms with Crippen molar-refractivity contribution in [1.29, 1.82) is 0 Å². The van der Waals surface area contributed by atoms with Gasteiger partial charge in [0.05, 0.1) is 4.70 Å². The molecule has 1 aliphatic heterocycles. The molecule has 5 rings (SSSR count). The van der Waals surface area contributed by atoms with Gasteiger partial charge in [0.25, 0.3) is 5.56 Å². The molecule has 3 aromatic heterocycles. The van der Waals surface area contributed by atoms with Gasteiger partial charge in [0.2, 0.25) is 0 Å². The first-order valence-electron chi connectivity index (χ1n) is 10.1. The van der Waals surface area contributed by atoms with Crippen molar-refractivity contribution in [2.24, 2.45) is 0 Å². The first-order valence-corrected chi connectivity index (χ1v) is 10.9. The molecular weight excluding hydrogens is 382 g/mol. The molecule has 1 saturated heterocycles. The summed E-state index contributed by atoms with van der Waals surface area (Å²) in [7, 11) is 0. The van der Waals surface area contributed by atoms with E-state index in [2.05, 4.69) is 52.3 Å². The molecule has 4 heterocycles. The van der Waals surface area contributed by atoms with Crippen molar-refractivity contribution >= 4 is 33.0 Å². The molecule has 150 valence electrons. The Balaban J connectivity index is 1.24. The molecule has 29 heavy (non-hydrogen) atoms. The summed E-state index contributed by atoms with van der Waals surface area (Å²) in [6, 6.07) is 10.4.